The van der Waals surface area contributed by atoms with Gasteiger partial charge in [-0.2, -0.15) is 0 Å². The summed E-state index contributed by atoms with van der Waals surface area (Å²) in [6.45, 7) is 2.71. The number of rotatable bonds is 6. The summed E-state index contributed by atoms with van der Waals surface area (Å²) in [6, 6.07) is 9.26. The molecule has 112 valence electrons. The van der Waals surface area contributed by atoms with Gasteiger partial charge in [-0.25, -0.2) is 4.79 Å². The number of ether oxygens (including phenoxy) is 3. The van der Waals surface area contributed by atoms with Crippen molar-refractivity contribution in [3.63, 3.8) is 0 Å². The molecule has 1 heterocycles. The van der Waals surface area contributed by atoms with Gasteiger partial charge in [0.1, 0.15) is 5.69 Å². The quantitative estimate of drug-likeness (QED) is 0.767. The average Bonchev–Trinajstić information content (AvgIpc) is 2.95. The Labute approximate surface area is 124 Å². The van der Waals surface area contributed by atoms with Gasteiger partial charge in [0.25, 0.3) is 0 Å². The predicted octanol–water partition coefficient (Wildman–Crippen LogP) is 2.73. The number of carbonyl (C=O) groups is 1. The number of hydrogen-bond acceptors (Lipinski definition) is 4. The molecule has 0 amide bonds. The fraction of sp³-hybridized carbons (Fsp3) is 0.312. The van der Waals surface area contributed by atoms with Crippen LogP contribution in [0.25, 0.3) is 0 Å². The van der Waals surface area contributed by atoms with Crippen LogP contribution in [0.4, 0.5) is 0 Å². The molecule has 21 heavy (non-hydrogen) atoms. The molecule has 0 atom stereocenters. The van der Waals surface area contributed by atoms with Crippen LogP contribution in [0.3, 0.4) is 0 Å². The summed E-state index contributed by atoms with van der Waals surface area (Å²) in [5.41, 5.74) is 1.54. The summed E-state index contributed by atoms with van der Waals surface area (Å²) in [7, 11) is 3.20. The molecule has 5 nitrogen and oxygen atoms in total. The minimum atomic E-state index is -0.317. The summed E-state index contributed by atoms with van der Waals surface area (Å²) in [6.07, 6.45) is 1.85. The molecule has 0 bridgehead atoms. The first-order valence-corrected chi connectivity index (χ1v) is 6.72. The van der Waals surface area contributed by atoms with E-state index >= 15 is 0 Å². The minimum Gasteiger partial charge on any atom is -0.493 e. The van der Waals surface area contributed by atoms with Gasteiger partial charge in [-0.15, -0.1) is 0 Å². The van der Waals surface area contributed by atoms with E-state index < -0.39 is 0 Å². The molecule has 0 aliphatic carbocycles. The largest absolute Gasteiger partial charge is 0.493 e. The van der Waals surface area contributed by atoms with Crippen molar-refractivity contribution in [2.24, 2.45) is 0 Å². The summed E-state index contributed by atoms with van der Waals surface area (Å²) in [5.74, 6) is 1.03. The van der Waals surface area contributed by atoms with Crippen LogP contribution < -0.4 is 9.47 Å². The van der Waals surface area contributed by atoms with Gasteiger partial charge in [-0.3, -0.25) is 0 Å². The lowest BCUT2D eigenvalue weighted by atomic mass is 10.2. The Morgan fingerprint density at radius 3 is 2.57 bits per heavy atom. The molecule has 0 radical (unpaired) electrons. The first-order valence-electron chi connectivity index (χ1n) is 6.72. The van der Waals surface area contributed by atoms with Gasteiger partial charge < -0.3 is 18.8 Å². The highest BCUT2D eigenvalue weighted by molar-refractivity contribution is 5.87. The van der Waals surface area contributed by atoms with E-state index in [-0.39, 0.29) is 5.97 Å². The molecule has 1 aromatic heterocycles. The van der Waals surface area contributed by atoms with Crippen LogP contribution in [0.2, 0.25) is 0 Å². The van der Waals surface area contributed by atoms with E-state index in [1.54, 1.807) is 27.2 Å². The van der Waals surface area contributed by atoms with Crippen LogP contribution in [-0.2, 0) is 11.3 Å². The van der Waals surface area contributed by atoms with Crippen LogP contribution >= 0.6 is 0 Å². The summed E-state index contributed by atoms with van der Waals surface area (Å²) in [5, 5.41) is 0. The highest BCUT2D eigenvalue weighted by Gasteiger charge is 2.12. The predicted molar refractivity (Wildman–Crippen MR) is 79.0 cm³/mol. The zero-order chi connectivity index (χ0) is 15.2. The maximum atomic E-state index is 11.9. The van der Waals surface area contributed by atoms with E-state index in [9.17, 15) is 4.79 Å². The third-order valence-corrected chi connectivity index (χ3v) is 3.11. The second kappa shape index (κ2) is 6.83. The second-order valence-electron chi connectivity index (χ2n) is 4.43. The topological polar surface area (TPSA) is 49.7 Å². The van der Waals surface area contributed by atoms with Gasteiger partial charge >= 0.3 is 5.97 Å². The molecule has 5 heteroatoms. The molecule has 0 aliphatic rings. The lowest BCUT2D eigenvalue weighted by Crippen LogP contribution is -2.12. The third kappa shape index (κ3) is 3.37. The van der Waals surface area contributed by atoms with Crippen LogP contribution in [-0.4, -0.2) is 31.4 Å². The number of carbonyl (C=O) groups excluding carboxylic acids is 1. The first kappa shape index (κ1) is 15.0. The lowest BCUT2D eigenvalue weighted by molar-refractivity contribution is 0.0514. The Morgan fingerprint density at radius 1 is 1.14 bits per heavy atom. The molecule has 0 N–H and O–H groups in total. The van der Waals surface area contributed by atoms with Crippen LogP contribution in [0, 0.1) is 0 Å². The zero-order valence-corrected chi connectivity index (χ0v) is 12.5. The van der Waals surface area contributed by atoms with Crippen LogP contribution in [0.1, 0.15) is 23.0 Å². The fourth-order valence-electron chi connectivity index (χ4n) is 2.12. The first-order chi connectivity index (χ1) is 10.2. The van der Waals surface area contributed by atoms with E-state index in [4.69, 9.17) is 14.2 Å². The van der Waals surface area contributed by atoms with Crippen molar-refractivity contribution in [1.82, 2.24) is 4.57 Å². The van der Waals surface area contributed by atoms with Crippen molar-refractivity contribution >= 4 is 5.97 Å². The van der Waals surface area contributed by atoms with Gasteiger partial charge in [0, 0.05) is 12.7 Å². The average molecular weight is 289 g/mol. The second-order valence-corrected chi connectivity index (χ2v) is 4.43. The number of esters is 1. The zero-order valence-electron chi connectivity index (χ0n) is 12.5. The summed E-state index contributed by atoms with van der Waals surface area (Å²) >= 11 is 0. The lowest BCUT2D eigenvalue weighted by Gasteiger charge is -2.12. The molecule has 2 rings (SSSR count). The Morgan fingerprint density at radius 2 is 1.90 bits per heavy atom. The number of methoxy groups -OCH3 is 2. The SMILES string of the molecule is CCOC(=O)c1cccn1Cc1ccc(OC)c(OC)c1. The van der Waals surface area contributed by atoms with Crippen molar-refractivity contribution in [2.75, 3.05) is 20.8 Å². The maximum Gasteiger partial charge on any atom is 0.354 e. The van der Waals surface area contributed by atoms with Crippen LogP contribution in [0.5, 0.6) is 11.5 Å². The third-order valence-electron chi connectivity index (χ3n) is 3.11. The minimum absolute atomic E-state index is 0.317. The van der Waals surface area contributed by atoms with Gasteiger partial charge in [-0.1, -0.05) is 6.07 Å². The summed E-state index contributed by atoms with van der Waals surface area (Å²) < 4.78 is 17.4. The Hall–Kier alpha value is -2.43. The van der Waals surface area contributed by atoms with Gasteiger partial charge in [0.2, 0.25) is 0 Å². The maximum absolute atomic E-state index is 11.9. The Bertz CT molecular complexity index is 618. The molecular formula is C16H19NO4. The molecule has 0 unspecified atom stereocenters. The van der Waals surface area contributed by atoms with Gasteiger partial charge in [0.05, 0.1) is 20.8 Å². The molecule has 0 spiro atoms. The summed E-state index contributed by atoms with van der Waals surface area (Å²) in [4.78, 5) is 11.9. The van der Waals surface area contributed by atoms with Crippen molar-refractivity contribution in [3.8, 4) is 11.5 Å². The molecule has 0 aliphatic heterocycles. The fourth-order valence-corrected chi connectivity index (χ4v) is 2.12. The highest BCUT2D eigenvalue weighted by Crippen LogP contribution is 2.28. The molecular weight excluding hydrogens is 270 g/mol. The van der Waals surface area contributed by atoms with E-state index in [1.165, 1.54) is 0 Å². The molecule has 0 saturated heterocycles. The van der Waals surface area contributed by atoms with Crippen molar-refractivity contribution in [3.05, 3.63) is 47.8 Å². The molecule has 0 saturated carbocycles. The standard InChI is InChI=1S/C16H19NO4/c1-4-21-16(18)13-6-5-9-17(13)11-12-7-8-14(19-2)15(10-12)20-3/h5-10H,4,11H2,1-3H3. The van der Waals surface area contributed by atoms with E-state index in [0.29, 0.717) is 30.3 Å². The van der Waals surface area contributed by atoms with Crippen molar-refractivity contribution in [2.45, 2.75) is 13.5 Å². The molecule has 2 aromatic rings. The van der Waals surface area contributed by atoms with E-state index in [2.05, 4.69) is 0 Å². The highest BCUT2D eigenvalue weighted by atomic mass is 16.5. The van der Waals surface area contributed by atoms with E-state index in [0.717, 1.165) is 5.56 Å². The number of hydrogen-bond donors (Lipinski definition) is 0. The number of nitrogens with zero attached hydrogens (tertiary/aromatic N) is 1. The smallest absolute Gasteiger partial charge is 0.354 e. The number of aromatic nitrogens is 1. The van der Waals surface area contributed by atoms with E-state index in [1.807, 2.05) is 35.0 Å². The monoisotopic (exact) mass is 289 g/mol. The molecule has 1 aromatic carbocycles. The van der Waals surface area contributed by atoms with Crippen molar-refractivity contribution in [1.29, 1.82) is 0 Å². The van der Waals surface area contributed by atoms with Gasteiger partial charge in [-0.05, 0) is 36.8 Å². The van der Waals surface area contributed by atoms with Crippen molar-refractivity contribution < 1.29 is 19.0 Å². The normalized spacial score (nSPS) is 10.2. The Balaban J connectivity index is 2.23. The molecule has 0 fully saturated rings. The van der Waals surface area contributed by atoms with Crippen LogP contribution in [0.15, 0.2) is 36.5 Å². The Kier molecular flexibility index (Phi) is 4.87. The van der Waals surface area contributed by atoms with Gasteiger partial charge in [0.15, 0.2) is 11.5 Å². The number of benzene rings is 1.